The maximum atomic E-state index is 13.0. The van der Waals surface area contributed by atoms with Crippen LogP contribution in [0.5, 0.6) is 0 Å². The van der Waals surface area contributed by atoms with E-state index in [1.165, 1.54) is 30.4 Å². The van der Waals surface area contributed by atoms with Crippen LogP contribution < -0.4 is 5.32 Å². The van der Waals surface area contributed by atoms with Crippen LogP contribution in [0, 0.1) is 5.82 Å². The Morgan fingerprint density at radius 2 is 2.26 bits per heavy atom. The van der Waals surface area contributed by atoms with E-state index in [1.54, 1.807) is 12.1 Å². The van der Waals surface area contributed by atoms with Crippen LogP contribution in [-0.2, 0) is 16.1 Å². The molecule has 5 nitrogen and oxygen atoms in total. The average Bonchev–Trinajstić information content (AvgIpc) is 2.94. The molecule has 1 aliphatic heterocycles. The highest BCUT2D eigenvalue weighted by Gasteiger charge is 2.22. The van der Waals surface area contributed by atoms with Crippen molar-refractivity contribution in [2.45, 2.75) is 19.6 Å². The number of nitrogens with zero attached hydrogens (tertiary/aromatic N) is 2. The summed E-state index contributed by atoms with van der Waals surface area (Å²) in [5, 5.41) is 5.27. The fraction of sp³-hybridized carbons (Fsp3) is 0.375. The quantitative estimate of drug-likeness (QED) is 0.933. The monoisotopic (exact) mass is 335 g/mol. The number of halogens is 1. The van der Waals surface area contributed by atoms with Crippen LogP contribution in [-0.4, -0.2) is 35.5 Å². The van der Waals surface area contributed by atoms with E-state index in [9.17, 15) is 9.18 Å². The molecule has 1 amide bonds. The molecule has 122 valence electrons. The summed E-state index contributed by atoms with van der Waals surface area (Å²) >= 11 is 1.42. The maximum Gasteiger partial charge on any atom is 0.223 e. The highest BCUT2D eigenvalue weighted by molar-refractivity contribution is 7.13. The second-order valence-electron chi connectivity index (χ2n) is 5.47. The Morgan fingerprint density at radius 1 is 1.48 bits per heavy atom. The van der Waals surface area contributed by atoms with Crippen molar-refractivity contribution in [1.82, 2.24) is 9.88 Å². The number of carbonyl (C=O) groups excluding carboxylic acids is 1. The fourth-order valence-corrected chi connectivity index (χ4v) is 3.29. The number of benzene rings is 1. The molecule has 1 fully saturated rings. The van der Waals surface area contributed by atoms with Gasteiger partial charge >= 0.3 is 0 Å². The van der Waals surface area contributed by atoms with Gasteiger partial charge in [-0.2, -0.15) is 0 Å². The van der Waals surface area contributed by atoms with Crippen molar-refractivity contribution in [3.63, 3.8) is 0 Å². The van der Waals surface area contributed by atoms with Crippen molar-refractivity contribution in [3.8, 4) is 0 Å². The van der Waals surface area contributed by atoms with Crippen LogP contribution in [0.3, 0.4) is 0 Å². The van der Waals surface area contributed by atoms with Gasteiger partial charge in [-0.3, -0.25) is 9.69 Å². The first-order chi connectivity index (χ1) is 11.1. The lowest BCUT2D eigenvalue weighted by Crippen LogP contribution is -2.37. The number of amides is 1. The first kappa shape index (κ1) is 16.0. The van der Waals surface area contributed by atoms with Gasteiger partial charge in [-0.15, -0.1) is 11.3 Å². The fourth-order valence-electron chi connectivity index (χ4n) is 2.54. The van der Waals surface area contributed by atoms with Gasteiger partial charge in [0.1, 0.15) is 5.82 Å². The molecule has 7 heteroatoms. The Labute approximate surface area is 138 Å². The topological polar surface area (TPSA) is 54.5 Å². The van der Waals surface area contributed by atoms with Gasteiger partial charge in [-0.1, -0.05) is 12.1 Å². The summed E-state index contributed by atoms with van der Waals surface area (Å²) in [6, 6.07) is 6.44. The Bertz CT molecular complexity index is 674. The zero-order valence-electron chi connectivity index (χ0n) is 12.8. The molecule has 1 N–H and O–H groups in total. The van der Waals surface area contributed by atoms with E-state index < -0.39 is 0 Å². The summed E-state index contributed by atoms with van der Waals surface area (Å²) in [6.07, 6.45) is -0.0576. The van der Waals surface area contributed by atoms with E-state index in [0.717, 1.165) is 24.3 Å². The Kier molecular flexibility index (Phi) is 5.00. The van der Waals surface area contributed by atoms with Crippen LogP contribution in [0.4, 0.5) is 9.52 Å². The van der Waals surface area contributed by atoms with Gasteiger partial charge in [0.15, 0.2) is 5.13 Å². The zero-order chi connectivity index (χ0) is 16.2. The summed E-state index contributed by atoms with van der Waals surface area (Å²) in [6.45, 7) is 4.36. The Morgan fingerprint density at radius 3 is 3.00 bits per heavy atom. The number of carbonyl (C=O) groups is 1. The first-order valence-electron chi connectivity index (χ1n) is 7.41. The van der Waals surface area contributed by atoms with Gasteiger partial charge in [-0.05, 0) is 17.7 Å². The number of ether oxygens (including phenoxy) is 1. The molecule has 1 atom stereocenters. The van der Waals surface area contributed by atoms with Crippen LogP contribution in [0.2, 0.25) is 0 Å². The molecule has 3 rings (SSSR count). The second kappa shape index (κ2) is 7.16. The number of nitrogens with one attached hydrogen (secondary N) is 1. The standard InChI is InChI=1S/C16H18FN3O2S/c1-11(21)18-16-19-14(10-23-16)8-20-6-7-22-15(9-20)12-2-4-13(17)5-3-12/h2-5,10,15H,6-9H2,1H3,(H,18,19,21)/t15-/m0/s1. The number of anilines is 1. The normalized spacial score (nSPS) is 18.8. The summed E-state index contributed by atoms with van der Waals surface area (Å²) in [4.78, 5) is 17.7. The van der Waals surface area contributed by atoms with Crippen molar-refractivity contribution in [3.05, 3.63) is 46.7 Å². The average molecular weight is 335 g/mol. The second-order valence-corrected chi connectivity index (χ2v) is 6.33. The van der Waals surface area contributed by atoms with E-state index in [2.05, 4.69) is 15.2 Å². The Hall–Kier alpha value is -1.83. The smallest absolute Gasteiger partial charge is 0.223 e. The highest BCUT2D eigenvalue weighted by atomic mass is 32.1. The minimum absolute atomic E-state index is 0.0576. The SMILES string of the molecule is CC(=O)Nc1nc(CN2CCO[C@H](c3ccc(F)cc3)C2)cs1. The Balaban J connectivity index is 1.61. The number of hydrogen-bond donors (Lipinski definition) is 1. The van der Waals surface area contributed by atoms with Crippen LogP contribution >= 0.6 is 11.3 Å². The molecular weight excluding hydrogens is 317 g/mol. The van der Waals surface area contributed by atoms with Crippen molar-refractivity contribution in [2.24, 2.45) is 0 Å². The first-order valence-corrected chi connectivity index (χ1v) is 8.29. The minimum atomic E-state index is -0.241. The van der Waals surface area contributed by atoms with Crippen molar-refractivity contribution >= 4 is 22.4 Å². The number of hydrogen-bond acceptors (Lipinski definition) is 5. The molecule has 23 heavy (non-hydrogen) atoms. The molecule has 2 heterocycles. The zero-order valence-corrected chi connectivity index (χ0v) is 13.6. The minimum Gasteiger partial charge on any atom is -0.371 e. The molecule has 0 spiro atoms. The lowest BCUT2D eigenvalue weighted by Gasteiger charge is -2.32. The molecule has 0 unspecified atom stereocenters. The maximum absolute atomic E-state index is 13.0. The molecule has 1 aliphatic rings. The van der Waals surface area contributed by atoms with Crippen molar-refractivity contribution in [2.75, 3.05) is 25.0 Å². The van der Waals surface area contributed by atoms with Gasteiger partial charge in [0.2, 0.25) is 5.91 Å². The lowest BCUT2D eigenvalue weighted by molar-refractivity contribution is -0.114. The van der Waals surface area contributed by atoms with Gasteiger partial charge in [0.05, 0.1) is 18.4 Å². The summed E-state index contributed by atoms with van der Waals surface area (Å²) in [7, 11) is 0. The molecular formula is C16H18FN3O2S. The van der Waals surface area contributed by atoms with E-state index in [4.69, 9.17) is 4.74 Å². The molecule has 0 saturated carbocycles. The van der Waals surface area contributed by atoms with Gasteiger partial charge < -0.3 is 10.1 Å². The van der Waals surface area contributed by atoms with E-state index >= 15 is 0 Å². The third kappa shape index (κ3) is 4.34. The van der Waals surface area contributed by atoms with E-state index in [0.29, 0.717) is 18.3 Å². The molecule has 2 aromatic rings. The van der Waals surface area contributed by atoms with Crippen LogP contribution in [0.25, 0.3) is 0 Å². The van der Waals surface area contributed by atoms with Gasteiger partial charge in [0, 0.05) is 31.9 Å². The largest absolute Gasteiger partial charge is 0.371 e. The molecule has 0 aliphatic carbocycles. The van der Waals surface area contributed by atoms with Gasteiger partial charge in [-0.25, -0.2) is 9.37 Å². The van der Waals surface area contributed by atoms with Crippen molar-refractivity contribution in [1.29, 1.82) is 0 Å². The molecule has 1 aromatic heterocycles. The number of thiazole rings is 1. The lowest BCUT2D eigenvalue weighted by atomic mass is 10.1. The number of morpholine rings is 1. The molecule has 0 bridgehead atoms. The number of rotatable bonds is 4. The van der Waals surface area contributed by atoms with E-state index in [-0.39, 0.29) is 17.8 Å². The van der Waals surface area contributed by atoms with Crippen molar-refractivity contribution < 1.29 is 13.9 Å². The third-order valence-electron chi connectivity index (χ3n) is 3.61. The molecule has 0 radical (unpaired) electrons. The van der Waals surface area contributed by atoms with Crippen LogP contribution in [0.1, 0.15) is 24.3 Å². The van der Waals surface area contributed by atoms with Gasteiger partial charge in [0.25, 0.3) is 0 Å². The predicted octanol–water partition coefficient (Wildman–Crippen LogP) is 2.81. The number of aromatic nitrogens is 1. The predicted molar refractivity (Wildman–Crippen MR) is 86.8 cm³/mol. The molecule has 1 aromatic carbocycles. The summed E-state index contributed by atoms with van der Waals surface area (Å²) in [5.41, 5.74) is 1.91. The summed E-state index contributed by atoms with van der Waals surface area (Å²) < 4.78 is 18.8. The van der Waals surface area contributed by atoms with Crippen LogP contribution in [0.15, 0.2) is 29.6 Å². The molecule has 1 saturated heterocycles. The third-order valence-corrected chi connectivity index (χ3v) is 4.42. The van der Waals surface area contributed by atoms with E-state index in [1.807, 2.05) is 5.38 Å². The summed E-state index contributed by atoms with van der Waals surface area (Å²) in [5.74, 6) is -0.358. The highest BCUT2D eigenvalue weighted by Crippen LogP contribution is 2.24.